The molecular weight excluding hydrogens is 270 g/mol. The molecule has 21 heavy (non-hydrogen) atoms. The molecule has 2 aromatic carbocycles. The Hall–Kier alpha value is -3.20. The molecule has 0 fully saturated rings. The smallest absolute Gasteiger partial charge is 0.278 e. The summed E-state index contributed by atoms with van der Waals surface area (Å²) in [4.78, 5) is 15.4. The molecule has 2 rings (SSSR count). The Morgan fingerprint density at radius 2 is 1.95 bits per heavy atom. The molecule has 0 aromatic heterocycles. The van der Waals surface area contributed by atoms with Crippen molar-refractivity contribution in [1.29, 1.82) is 5.26 Å². The fourth-order valence-electron chi connectivity index (χ4n) is 1.64. The van der Waals surface area contributed by atoms with E-state index < -0.39 is 4.92 Å². The van der Waals surface area contributed by atoms with Gasteiger partial charge in [0.05, 0.1) is 28.3 Å². The lowest BCUT2D eigenvalue weighted by Crippen LogP contribution is -1.94. The summed E-state index contributed by atoms with van der Waals surface area (Å²) in [6.45, 7) is 0.225. The van der Waals surface area contributed by atoms with Gasteiger partial charge in [0, 0.05) is 6.07 Å². The number of nitro benzene ring substituents is 1. The first-order valence-electron chi connectivity index (χ1n) is 6.08. The van der Waals surface area contributed by atoms with Crippen LogP contribution in [0.15, 0.2) is 53.7 Å². The highest BCUT2D eigenvalue weighted by Crippen LogP contribution is 2.15. The molecule has 0 saturated carbocycles. The molecule has 0 aliphatic carbocycles. The van der Waals surface area contributed by atoms with E-state index in [1.165, 1.54) is 12.3 Å². The predicted octanol–water partition coefficient (Wildman–Crippen LogP) is 3.02. The first kappa shape index (κ1) is 14.2. The van der Waals surface area contributed by atoms with Crippen molar-refractivity contribution in [1.82, 2.24) is 0 Å². The highest BCUT2D eigenvalue weighted by Gasteiger charge is 2.09. The maximum Gasteiger partial charge on any atom is 0.278 e. The van der Waals surface area contributed by atoms with Crippen molar-refractivity contribution in [2.24, 2.45) is 5.16 Å². The third-order valence-electron chi connectivity index (χ3n) is 2.71. The Labute approximate surface area is 121 Å². The number of nitriles is 1. The monoisotopic (exact) mass is 281 g/mol. The summed E-state index contributed by atoms with van der Waals surface area (Å²) in [6.07, 6.45) is 1.31. The zero-order valence-corrected chi connectivity index (χ0v) is 11.0. The molecule has 2 aromatic rings. The van der Waals surface area contributed by atoms with Gasteiger partial charge in [-0.3, -0.25) is 10.1 Å². The van der Waals surface area contributed by atoms with Gasteiger partial charge in [-0.15, -0.1) is 0 Å². The number of benzene rings is 2. The van der Waals surface area contributed by atoms with Crippen LogP contribution in [0.25, 0.3) is 0 Å². The molecule has 6 heteroatoms. The van der Waals surface area contributed by atoms with E-state index in [1.807, 2.05) is 6.07 Å². The topological polar surface area (TPSA) is 88.5 Å². The normalized spacial score (nSPS) is 10.2. The van der Waals surface area contributed by atoms with Crippen molar-refractivity contribution in [3.63, 3.8) is 0 Å². The van der Waals surface area contributed by atoms with Gasteiger partial charge >= 0.3 is 0 Å². The van der Waals surface area contributed by atoms with E-state index in [0.717, 1.165) is 5.56 Å². The van der Waals surface area contributed by atoms with E-state index in [-0.39, 0.29) is 12.3 Å². The fraction of sp³-hybridized carbons (Fsp3) is 0.0667. The fourth-order valence-corrected chi connectivity index (χ4v) is 1.64. The molecule has 0 N–H and O–H groups in total. The number of nitro groups is 1. The summed E-state index contributed by atoms with van der Waals surface area (Å²) < 4.78 is 0. The molecule has 104 valence electrons. The van der Waals surface area contributed by atoms with Gasteiger partial charge in [0.1, 0.15) is 6.61 Å². The van der Waals surface area contributed by atoms with Crippen LogP contribution in [-0.4, -0.2) is 11.1 Å². The van der Waals surface area contributed by atoms with Crippen molar-refractivity contribution in [3.05, 3.63) is 75.3 Å². The van der Waals surface area contributed by atoms with Crippen LogP contribution in [-0.2, 0) is 11.4 Å². The molecule has 0 aliphatic heterocycles. The second-order valence-electron chi connectivity index (χ2n) is 4.13. The van der Waals surface area contributed by atoms with Crippen LogP contribution in [0.3, 0.4) is 0 Å². The maximum absolute atomic E-state index is 10.8. The first-order chi connectivity index (χ1) is 10.2. The molecule has 0 saturated heterocycles. The number of oxime groups is 1. The third-order valence-corrected chi connectivity index (χ3v) is 2.71. The van der Waals surface area contributed by atoms with E-state index in [1.54, 1.807) is 42.5 Å². The molecular formula is C15H11N3O3. The highest BCUT2D eigenvalue weighted by molar-refractivity contribution is 5.84. The lowest BCUT2D eigenvalue weighted by atomic mass is 10.2. The SMILES string of the molecule is N#Cc1ccc(CON=Cc2ccccc2[N+](=O)[O-])cc1. The van der Waals surface area contributed by atoms with Crippen LogP contribution < -0.4 is 0 Å². The maximum atomic E-state index is 10.8. The molecule has 6 nitrogen and oxygen atoms in total. The molecule has 0 radical (unpaired) electrons. The number of rotatable bonds is 5. The summed E-state index contributed by atoms with van der Waals surface area (Å²) in [5.41, 5.74) is 1.78. The van der Waals surface area contributed by atoms with E-state index in [4.69, 9.17) is 10.1 Å². The summed E-state index contributed by atoms with van der Waals surface area (Å²) in [7, 11) is 0. The predicted molar refractivity (Wildman–Crippen MR) is 76.6 cm³/mol. The lowest BCUT2D eigenvalue weighted by molar-refractivity contribution is -0.385. The third kappa shape index (κ3) is 3.88. The van der Waals surface area contributed by atoms with Crippen LogP contribution in [0.5, 0.6) is 0 Å². The average molecular weight is 281 g/mol. The molecule has 0 aliphatic rings. The van der Waals surface area contributed by atoms with E-state index in [9.17, 15) is 10.1 Å². The van der Waals surface area contributed by atoms with Crippen molar-refractivity contribution in [2.45, 2.75) is 6.61 Å². The van der Waals surface area contributed by atoms with Crippen molar-refractivity contribution in [2.75, 3.05) is 0 Å². The quantitative estimate of drug-likeness (QED) is 0.478. The van der Waals surface area contributed by atoms with Crippen molar-refractivity contribution in [3.8, 4) is 6.07 Å². The van der Waals surface area contributed by atoms with Crippen molar-refractivity contribution < 1.29 is 9.76 Å². The Morgan fingerprint density at radius 1 is 1.24 bits per heavy atom. The van der Waals surface area contributed by atoms with Gasteiger partial charge in [0.2, 0.25) is 0 Å². The second-order valence-corrected chi connectivity index (χ2v) is 4.13. The largest absolute Gasteiger partial charge is 0.391 e. The van der Waals surface area contributed by atoms with Crippen LogP contribution >= 0.6 is 0 Å². The minimum absolute atomic E-state index is 0.0248. The number of hydrogen-bond donors (Lipinski definition) is 0. The van der Waals surface area contributed by atoms with E-state index in [2.05, 4.69) is 5.16 Å². The van der Waals surface area contributed by atoms with Gasteiger partial charge in [-0.25, -0.2) is 0 Å². The zero-order chi connectivity index (χ0) is 15.1. The highest BCUT2D eigenvalue weighted by atomic mass is 16.6. The Morgan fingerprint density at radius 3 is 2.62 bits per heavy atom. The molecule has 0 atom stereocenters. The Kier molecular flexibility index (Phi) is 4.62. The van der Waals surface area contributed by atoms with Gasteiger partial charge in [0.25, 0.3) is 5.69 Å². The second kappa shape index (κ2) is 6.82. The minimum Gasteiger partial charge on any atom is -0.391 e. The van der Waals surface area contributed by atoms with Crippen LogP contribution in [0.4, 0.5) is 5.69 Å². The summed E-state index contributed by atoms with van der Waals surface area (Å²) in [5.74, 6) is 0. The van der Waals surface area contributed by atoms with Crippen LogP contribution in [0, 0.1) is 21.4 Å². The standard InChI is InChI=1S/C15H11N3O3/c16-9-12-5-7-13(8-6-12)11-21-17-10-14-3-1-2-4-15(14)18(19)20/h1-8,10H,11H2. The van der Waals surface area contributed by atoms with Gasteiger partial charge < -0.3 is 4.84 Å². The van der Waals surface area contributed by atoms with Gasteiger partial charge in [-0.2, -0.15) is 5.26 Å². The summed E-state index contributed by atoms with van der Waals surface area (Å²) in [6, 6.07) is 15.2. The number of para-hydroxylation sites is 1. The average Bonchev–Trinajstić information content (AvgIpc) is 2.52. The van der Waals surface area contributed by atoms with E-state index in [0.29, 0.717) is 11.1 Å². The molecule has 0 unspecified atom stereocenters. The zero-order valence-electron chi connectivity index (χ0n) is 11.0. The lowest BCUT2D eigenvalue weighted by Gasteiger charge is -2.00. The van der Waals surface area contributed by atoms with Crippen LogP contribution in [0.2, 0.25) is 0 Å². The summed E-state index contributed by atoms with van der Waals surface area (Å²) in [5, 5.41) is 23.2. The Bertz CT molecular complexity index is 703. The Balaban J connectivity index is 1.97. The molecule has 0 bridgehead atoms. The van der Waals surface area contributed by atoms with E-state index >= 15 is 0 Å². The van der Waals surface area contributed by atoms with Gasteiger partial charge in [0.15, 0.2) is 0 Å². The molecule has 0 spiro atoms. The van der Waals surface area contributed by atoms with Gasteiger partial charge in [-0.05, 0) is 23.8 Å². The van der Waals surface area contributed by atoms with Gasteiger partial charge in [-0.1, -0.05) is 29.4 Å². The summed E-state index contributed by atoms with van der Waals surface area (Å²) >= 11 is 0. The number of hydrogen-bond acceptors (Lipinski definition) is 5. The molecule has 0 amide bonds. The number of nitrogens with zero attached hydrogens (tertiary/aromatic N) is 3. The van der Waals surface area contributed by atoms with Crippen molar-refractivity contribution >= 4 is 11.9 Å². The molecule has 0 heterocycles. The van der Waals surface area contributed by atoms with Crippen LogP contribution in [0.1, 0.15) is 16.7 Å². The first-order valence-corrected chi connectivity index (χ1v) is 6.08. The minimum atomic E-state index is -0.470.